The zero-order chi connectivity index (χ0) is 25.7. The Morgan fingerprint density at radius 2 is 1.16 bits per heavy atom. The smallest absolute Gasteiger partial charge is 0.186 e. The fourth-order valence-electron chi connectivity index (χ4n) is 2.69. The van der Waals surface area contributed by atoms with Crippen LogP contribution in [0, 0.1) is 0 Å². The van der Waals surface area contributed by atoms with Gasteiger partial charge in [-0.05, 0) is 85.8 Å². The quantitative estimate of drug-likeness (QED) is 0.150. The zero-order valence-corrected chi connectivity index (χ0v) is 31.9. The van der Waals surface area contributed by atoms with E-state index < -0.39 is 24.5 Å². The standard InChI is InChI=1S/C13H32OS4Si2.C6H15ClSi.S4/c1-7-14-20(5,6)13-9-11-18(17-16-15)10-8-12-19(2,3)4;1-8(2,3)6-4-5-7;1-3-4-2/h7-13H2,1-6H3;4-6H2,1-3H3;. The molecule has 196 valence electrons. The van der Waals surface area contributed by atoms with Crippen LogP contribution < -0.4 is 0 Å². The van der Waals surface area contributed by atoms with Crippen molar-refractivity contribution >= 4 is 115 Å². The van der Waals surface area contributed by atoms with Crippen LogP contribution in [-0.2, 0) is 83.0 Å². The van der Waals surface area contributed by atoms with Crippen LogP contribution in [0.3, 0.4) is 0 Å². The van der Waals surface area contributed by atoms with Crippen molar-refractivity contribution in [3.63, 3.8) is 0 Å². The van der Waals surface area contributed by atoms with Gasteiger partial charge in [0, 0.05) is 68.8 Å². The second-order valence-electron chi connectivity index (χ2n) is 10.4. The highest BCUT2D eigenvalue weighted by atomic mass is 35.5. The van der Waals surface area contributed by atoms with Crippen LogP contribution in [0.4, 0.5) is 0 Å². The van der Waals surface area contributed by atoms with E-state index in [2.05, 4.69) is 81.7 Å². The molecule has 1 atom stereocenters. The topological polar surface area (TPSA) is 9.23 Å². The lowest BCUT2D eigenvalue weighted by molar-refractivity contribution is 0.328. The summed E-state index contributed by atoms with van der Waals surface area (Å²) in [6.45, 7) is 22.2. The molecule has 0 spiro atoms. The minimum Gasteiger partial charge on any atom is -0.418 e. The second-order valence-corrected chi connectivity index (χ2v) is 36.5. The van der Waals surface area contributed by atoms with E-state index >= 15 is 0 Å². The third-order valence-corrected chi connectivity index (χ3v) is 20.2. The Morgan fingerprint density at radius 1 is 0.719 bits per heavy atom. The molecule has 0 amide bonds. The minimum absolute atomic E-state index is 0.467. The molecule has 0 fully saturated rings. The number of halogens is 1. The molecule has 0 rings (SSSR count). The molecular formula is C19H47ClOS8Si3. The van der Waals surface area contributed by atoms with Crippen molar-refractivity contribution in [1.29, 1.82) is 0 Å². The molecule has 0 aliphatic heterocycles. The average Bonchev–Trinajstić information content (AvgIpc) is 2.65. The summed E-state index contributed by atoms with van der Waals surface area (Å²) in [4.78, 5) is 0. The minimum atomic E-state index is -1.39. The van der Waals surface area contributed by atoms with E-state index in [1.807, 2.05) is 8.88 Å². The van der Waals surface area contributed by atoms with E-state index in [0.29, 0.717) is 9.45 Å². The van der Waals surface area contributed by atoms with Gasteiger partial charge in [-0.25, -0.2) is 0 Å². The third kappa shape index (κ3) is 37.3. The summed E-state index contributed by atoms with van der Waals surface area (Å²) in [6.07, 6.45) is 3.92. The first kappa shape index (κ1) is 39.3. The van der Waals surface area contributed by atoms with Gasteiger partial charge in [-0.2, -0.15) is 0 Å². The van der Waals surface area contributed by atoms with Crippen LogP contribution in [0.2, 0.25) is 70.5 Å². The summed E-state index contributed by atoms with van der Waals surface area (Å²) in [5.74, 6) is 3.54. The number of hydrogen-bond acceptors (Lipinski definition) is 4. The van der Waals surface area contributed by atoms with Gasteiger partial charge in [0.05, 0.1) is 0 Å². The van der Waals surface area contributed by atoms with E-state index in [9.17, 15) is 0 Å². The molecule has 0 N–H and O–H groups in total. The first-order chi connectivity index (χ1) is 14.7. The lowest BCUT2D eigenvalue weighted by atomic mass is 10.6. The van der Waals surface area contributed by atoms with Crippen LogP contribution in [0.15, 0.2) is 0 Å². The van der Waals surface area contributed by atoms with Gasteiger partial charge in [0.2, 0.25) is 0 Å². The van der Waals surface area contributed by atoms with Crippen LogP contribution in [0.25, 0.3) is 0 Å². The average molecular weight is 668 g/mol. The summed E-state index contributed by atoms with van der Waals surface area (Å²) < 4.78 is 5.91. The monoisotopic (exact) mass is 666 g/mol. The molecule has 0 bridgehead atoms. The molecule has 0 aliphatic carbocycles. The van der Waals surface area contributed by atoms with Crippen LogP contribution >= 0.6 is 11.6 Å². The number of hydrogen-bond donors (Lipinski definition) is 0. The largest absolute Gasteiger partial charge is 0.418 e. The Kier molecular flexibility index (Phi) is 29.7. The molecule has 32 heavy (non-hydrogen) atoms. The molecule has 0 aliphatic rings. The third-order valence-electron chi connectivity index (χ3n) is 4.20. The van der Waals surface area contributed by atoms with Gasteiger partial charge in [-0.15, -0.1) is 21.1 Å². The normalized spacial score (nSPS) is 12.4. The van der Waals surface area contributed by atoms with Crippen molar-refractivity contribution in [1.82, 2.24) is 0 Å². The summed E-state index contributed by atoms with van der Waals surface area (Å²) in [6, 6.07) is 4.12. The summed E-state index contributed by atoms with van der Waals surface area (Å²) >= 11 is 19.3. The zero-order valence-electron chi connectivity index (χ0n) is 21.6. The highest BCUT2D eigenvalue weighted by Gasteiger charge is 2.21. The van der Waals surface area contributed by atoms with E-state index in [4.69, 9.17) is 27.2 Å². The molecule has 0 aromatic heterocycles. The lowest BCUT2D eigenvalue weighted by Gasteiger charge is -2.22. The first-order valence-electron chi connectivity index (χ1n) is 11.1. The van der Waals surface area contributed by atoms with E-state index in [-0.39, 0.29) is 0 Å². The van der Waals surface area contributed by atoms with Gasteiger partial charge in [-0.1, -0.05) is 51.4 Å². The number of alkyl halides is 1. The van der Waals surface area contributed by atoms with Gasteiger partial charge < -0.3 is 4.43 Å². The van der Waals surface area contributed by atoms with Crippen molar-refractivity contribution in [2.75, 3.05) is 24.0 Å². The molecule has 0 aromatic rings. The Bertz CT molecular complexity index is 632. The highest BCUT2D eigenvalue weighted by Crippen LogP contribution is 2.15. The predicted octanol–water partition coefficient (Wildman–Crippen LogP) is 7.37. The summed E-state index contributed by atoms with van der Waals surface area (Å²) in [5.41, 5.74) is 0. The molecular weight excluding hydrogens is 620 g/mol. The van der Waals surface area contributed by atoms with Gasteiger partial charge in [0.1, 0.15) is 0 Å². The Labute approximate surface area is 237 Å². The molecule has 0 heterocycles. The molecule has 13 heteroatoms. The maximum Gasteiger partial charge on any atom is 0.186 e. The van der Waals surface area contributed by atoms with E-state index in [0.717, 1.165) is 12.5 Å². The predicted molar refractivity (Wildman–Crippen MR) is 183 cm³/mol. The van der Waals surface area contributed by atoms with Gasteiger partial charge in [-0.3, -0.25) is 0 Å². The van der Waals surface area contributed by atoms with Gasteiger partial charge in [0.15, 0.2) is 8.32 Å². The Hall–Kier alpha value is 2.79. The van der Waals surface area contributed by atoms with Crippen molar-refractivity contribution in [2.45, 2.75) is 96.7 Å². The van der Waals surface area contributed by atoms with Gasteiger partial charge in [0.25, 0.3) is 0 Å². The van der Waals surface area contributed by atoms with Crippen LogP contribution in [0.5, 0.6) is 0 Å². The summed E-state index contributed by atoms with van der Waals surface area (Å²) in [7, 11) is 3.27. The molecule has 1 unspecified atom stereocenters. The fraction of sp³-hybridized carbons (Fsp3) is 1.00. The summed E-state index contributed by atoms with van der Waals surface area (Å²) in [5, 5.41) is 0. The van der Waals surface area contributed by atoms with Crippen molar-refractivity contribution < 1.29 is 4.43 Å². The molecule has 1 nitrogen and oxygen atoms in total. The van der Waals surface area contributed by atoms with Crippen LogP contribution in [0.1, 0.15) is 26.2 Å². The first-order valence-corrected chi connectivity index (χ1v) is 31.3. The second kappa shape index (κ2) is 24.1. The van der Waals surface area contributed by atoms with Crippen molar-refractivity contribution in [3.8, 4) is 0 Å². The SMILES string of the molecule is CCO[Si](C)(C)CCCS(CCC[Si](C)(C)C)=S=S=S.C[Si](C)(C)CCCCl.S=S=S=S. The maximum absolute atomic E-state index is 5.91. The lowest BCUT2D eigenvalue weighted by Crippen LogP contribution is -2.30. The van der Waals surface area contributed by atoms with Crippen molar-refractivity contribution in [2.24, 2.45) is 0 Å². The Balaban J connectivity index is -0.000000575. The van der Waals surface area contributed by atoms with Gasteiger partial charge >= 0.3 is 0 Å². The maximum atomic E-state index is 5.91. The molecule has 0 saturated heterocycles. The van der Waals surface area contributed by atoms with Crippen molar-refractivity contribution in [3.05, 3.63) is 0 Å². The fourth-order valence-corrected chi connectivity index (χ4v) is 14.7. The van der Waals surface area contributed by atoms with E-state index in [1.54, 1.807) is 0 Å². The molecule has 0 radical (unpaired) electrons. The number of rotatable bonds is 13. The Morgan fingerprint density at radius 3 is 1.47 bits per heavy atom. The van der Waals surface area contributed by atoms with E-state index in [1.165, 1.54) is 75.5 Å². The van der Waals surface area contributed by atoms with Crippen LogP contribution in [-0.4, -0.2) is 48.5 Å². The molecule has 0 aromatic carbocycles. The molecule has 0 saturated carbocycles. The highest BCUT2D eigenvalue weighted by molar-refractivity contribution is 8.58.